The maximum Gasteiger partial charge on any atom is 0.249 e. The summed E-state index contributed by atoms with van der Waals surface area (Å²) in [5, 5.41) is 18.7. The van der Waals surface area contributed by atoms with E-state index in [1.807, 2.05) is 38.2 Å². The number of aromatic nitrogens is 3. The van der Waals surface area contributed by atoms with Crippen LogP contribution in [0.15, 0.2) is 75.8 Å². The van der Waals surface area contributed by atoms with Gasteiger partial charge in [0.1, 0.15) is 22.8 Å². The van der Waals surface area contributed by atoms with Gasteiger partial charge in [-0.05, 0) is 48.4 Å². The highest BCUT2D eigenvalue weighted by molar-refractivity contribution is 6.07. The molecule has 1 saturated carbocycles. The Morgan fingerprint density at radius 1 is 1.02 bits per heavy atom. The first kappa shape index (κ1) is 29.1. The number of Topliss-reactive ketones (excluding diaryl/α,β-unsaturated/α-hetero) is 1. The number of carbonyl (C=O) groups excluding carboxylic acids is 2. The number of benzene rings is 3. The van der Waals surface area contributed by atoms with E-state index in [1.165, 1.54) is 0 Å². The van der Waals surface area contributed by atoms with Crippen molar-refractivity contribution in [3.63, 3.8) is 0 Å². The van der Waals surface area contributed by atoms with E-state index in [9.17, 15) is 14.7 Å². The Hall–Kier alpha value is -5.68. The Labute approximate surface area is 291 Å². The van der Waals surface area contributed by atoms with Crippen LogP contribution in [0.4, 0.5) is 5.69 Å². The van der Waals surface area contributed by atoms with Crippen molar-refractivity contribution in [3.8, 4) is 39.8 Å². The van der Waals surface area contributed by atoms with Crippen molar-refractivity contribution in [2.45, 2.75) is 62.8 Å². The van der Waals surface area contributed by atoms with Crippen molar-refractivity contribution in [1.29, 1.82) is 0 Å². The lowest BCUT2D eigenvalue weighted by molar-refractivity contribution is -0.135. The molecule has 6 aromatic rings. The third kappa shape index (κ3) is 3.81. The molecule has 0 radical (unpaired) electrons. The quantitative estimate of drug-likeness (QED) is 0.166. The Kier molecular flexibility index (Phi) is 5.57. The molecule has 7 heterocycles. The minimum Gasteiger partial charge on any atom is -0.469 e. The molecule has 2 unspecified atom stereocenters. The summed E-state index contributed by atoms with van der Waals surface area (Å²) in [5.41, 5.74) is 5.52. The van der Waals surface area contributed by atoms with Crippen molar-refractivity contribution in [3.05, 3.63) is 95.3 Å². The molecule has 5 aliphatic rings. The van der Waals surface area contributed by atoms with Gasteiger partial charge in [-0.15, -0.1) is 0 Å². The number of hydrogen-bond donors (Lipinski definition) is 4. The Morgan fingerprint density at radius 3 is 2.71 bits per heavy atom. The maximum absolute atomic E-state index is 14.2. The van der Waals surface area contributed by atoms with E-state index in [4.69, 9.17) is 23.5 Å². The van der Waals surface area contributed by atoms with Gasteiger partial charge in [0, 0.05) is 57.4 Å². The zero-order valence-corrected chi connectivity index (χ0v) is 27.9. The summed E-state index contributed by atoms with van der Waals surface area (Å²) >= 11 is 0. The minimum absolute atomic E-state index is 0.0739. The first-order chi connectivity index (χ1) is 24.7. The number of fused-ring (bicyclic) bond motifs is 7. The van der Waals surface area contributed by atoms with Crippen LogP contribution in [0, 0.1) is 11.8 Å². The molecule has 11 heteroatoms. The van der Waals surface area contributed by atoms with Gasteiger partial charge in [0.25, 0.3) is 0 Å². The lowest BCUT2D eigenvalue weighted by atomic mass is 9.72. The largest absolute Gasteiger partial charge is 0.469 e. The smallest absolute Gasteiger partial charge is 0.249 e. The number of amides is 1. The van der Waals surface area contributed by atoms with E-state index in [0.717, 1.165) is 50.0 Å². The lowest BCUT2D eigenvalue weighted by Gasteiger charge is -2.28. The normalized spacial score (nSPS) is 24.2. The van der Waals surface area contributed by atoms with Gasteiger partial charge in [0.2, 0.25) is 17.7 Å². The number of H-pyrrole nitrogens is 1. The summed E-state index contributed by atoms with van der Waals surface area (Å²) in [6, 6.07) is 17.8. The summed E-state index contributed by atoms with van der Waals surface area (Å²) in [6.07, 6.45) is 4.12. The van der Waals surface area contributed by atoms with E-state index in [-0.39, 0.29) is 29.9 Å². The molecule has 3 aromatic heterocycles. The van der Waals surface area contributed by atoms with Gasteiger partial charge in [0.15, 0.2) is 29.2 Å². The molecule has 4 aliphatic heterocycles. The van der Waals surface area contributed by atoms with Crippen LogP contribution in [0.2, 0.25) is 0 Å². The summed E-state index contributed by atoms with van der Waals surface area (Å²) < 4.78 is 20.4. The zero-order chi connectivity index (χ0) is 34.4. The topological polar surface area (TPSA) is 156 Å². The van der Waals surface area contributed by atoms with Crippen molar-refractivity contribution in [2.24, 2.45) is 11.8 Å². The highest BCUT2D eigenvalue weighted by atomic mass is 16.5. The molecule has 4 N–H and O–H groups in total. The molecule has 254 valence electrons. The van der Waals surface area contributed by atoms with Gasteiger partial charge in [-0.3, -0.25) is 9.59 Å². The number of oxazole rings is 2. The second kappa shape index (κ2) is 9.76. The van der Waals surface area contributed by atoms with Gasteiger partial charge in [-0.25, -0.2) is 9.97 Å². The number of hydrogen-bond acceptors (Lipinski definition) is 9. The number of para-hydroxylation sites is 1. The van der Waals surface area contributed by atoms with Crippen molar-refractivity contribution >= 4 is 28.3 Å². The number of aromatic amines is 1. The van der Waals surface area contributed by atoms with Crippen LogP contribution in [-0.4, -0.2) is 43.6 Å². The van der Waals surface area contributed by atoms with E-state index < -0.39 is 29.2 Å². The van der Waals surface area contributed by atoms with Crippen LogP contribution >= 0.6 is 0 Å². The fourth-order valence-electron chi connectivity index (χ4n) is 8.78. The molecule has 1 spiro atoms. The van der Waals surface area contributed by atoms with Crippen LogP contribution in [0.3, 0.4) is 0 Å². The van der Waals surface area contributed by atoms with E-state index in [0.29, 0.717) is 48.1 Å². The molecule has 0 saturated heterocycles. The summed E-state index contributed by atoms with van der Waals surface area (Å²) in [4.78, 5) is 40.7. The first-order valence-corrected chi connectivity index (χ1v) is 17.6. The van der Waals surface area contributed by atoms with Crippen molar-refractivity contribution < 1.29 is 28.3 Å². The third-order valence-corrected chi connectivity index (χ3v) is 11.6. The number of ether oxygens (including phenoxy) is 1. The molecule has 4 atom stereocenters. The molecule has 11 rings (SSSR count). The Balaban J connectivity index is 1.22. The van der Waals surface area contributed by atoms with Crippen molar-refractivity contribution in [1.82, 2.24) is 20.3 Å². The maximum atomic E-state index is 14.2. The fraction of sp³-hybridized carbons (Fsp3) is 0.300. The number of nitrogens with one attached hydrogen (secondary N) is 3. The number of nitrogens with zero attached hydrogens (tertiary/aromatic N) is 2. The molecule has 1 aliphatic carbocycles. The van der Waals surface area contributed by atoms with Gasteiger partial charge in [0.05, 0.1) is 6.20 Å². The summed E-state index contributed by atoms with van der Waals surface area (Å²) in [7, 11) is 0. The van der Waals surface area contributed by atoms with Gasteiger partial charge >= 0.3 is 0 Å². The monoisotopic (exact) mass is 679 g/mol. The number of ketones is 1. The molecule has 1 amide bonds. The van der Waals surface area contributed by atoms with Crippen LogP contribution in [0.1, 0.15) is 67.5 Å². The molecule has 1 fully saturated rings. The molecule has 11 nitrogen and oxygen atoms in total. The van der Waals surface area contributed by atoms with Crippen LogP contribution in [0.5, 0.6) is 5.75 Å². The highest BCUT2D eigenvalue weighted by Gasteiger charge is 2.62. The highest BCUT2D eigenvalue weighted by Crippen LogP contribution is 2.61. The van der Waals surface area contributed by atoms with Gasteiger partial charge < -0.3 is 34.3 Å². The van der Waals surface area contributed by atoms with Crippen LogP contribution < -0.4 is 15.4 Å². The molecule has 10 bridgehead atoms. The summed E-state index contributed by atoms with van der Waals surface area (Å²) in [6.45, 7) is 3.99. The average Bonchev–Trinajstić information content (AvgIpc) is 3.65. The minimum atomic E-state index is -1.34. The molecule has 3 aromatic carbocycles. The first-order valence-electron chi connectivity index (χ1n) is 17.6. The van der Waals surface area contributed by atoms with Crippen LogP contribution in [-0.2, 0) is 21.4 Å². The predicted octanol–water partition coefficient (Wildman–Crippen LogP) is 6.41. The lowest BCUT2D eigenvalue weighted by Crippen LogP contribution is -2.41. The van der Waals surface area contributed by atoms with Gasteiger partial charge in [-0.1, -0.05) is 56.3 Å². The number of carbonyl (C=O) groups is 2. The molecular formula is C40H33N5O6. The Bertz CT molecular complexity index is 2500. The third-order valence-electron chi connectivity index (χ3n) is 11.6. The SMILES string of the molecule is CC(C)[C@@H]1NC(=O)C(CC(=O)C2(O)CC2)Cc2ccc3c(c2)[C@]24c5cccc(c5NC2O3)-c2cccc3[nH]cc(c23)-c2cnc(o2)-c2nc1oc24. The van der Waals surface area contributed by atoms with Crippen LogP contribution in [0.25, 0.3) is 44.9 Å². The molecular weight excluding hydrogens is 646 g/mol. The zero-order valence-electron chi connectivity index (χ0n) is 27.9. The van der Waals surface area contributed by atoms with E-state index in [1.54, 1.807) is 6.20 Å². The second-order valence-corrected chi connectivity index (χ2v) is 15.0. The predicted molar refractivity (Wildman–Crippen MR) is 186 cm³/mol. The van der Waals surface area contributed by atoms with Crippen molar-refractivity contribution in [2.75, 3.05) is 5.32 Å². The molecule has 51 heavy (non-hydrogen) atoms. The van der Waals surface area contributed by atoms with E-state index in [2.05, 4.69) is 52.0 Å². The fourth-order valence-corrected chi connectivity index (χ4v) is 8.78. The van der Waals surface area contributed by atoms with Gasteiger partial charge in [-0.2, -0.15) is 0 Å². The second-order valence-electron chi connectivity index (χ2n) is 15.0. The average molecular weight is 680 g/mol. The van der Waals surface area contributed by atoms with E-state index >= 15 is 0 Å². The summed E-state index contributed by atoms with van der Waals surface area (Å²) in [5.74, 6) is 0.901. The number of aliphatic hydroxyl groups is 1. The Morgan fingerprint density at radius 2 is 1.86 bits per heavy atom. The standard InChI is InChI=1S/C40H33N5O6/c1-18(2)31-37-44-33-34(51-37)40-24-7-3-6-22(21-5-4-8-26-30(21)23(16-41-26)28-17-42-36(33)49-28)32(24)45-38(40)50-27-10-9-19(14-25(27)40)13-20(35(47)43-31)15-29(46)39(48)11-12-39/h3-10,14,16-18,20,31,38,41,45,48H,11-13,15H2,1-2H3,(H,43,47)/t20?,31-,38?,40-/m0/s1. The number of anilines is 1. The number of rotatable bonds is 4.